The third-order valence-corrected chi connectivity index (χ3v) is 4.61. The molecule has 2 aromatic carbocycles. The number of aliphatic hydroxyl groups excluding tert-OH is 1. The quantitative estimate of drug-likeness (QED) is 0.921. The summed E-state index contributed by atoms with van der Waals surface area (Å²) >= 11 is 0. The van der Waals surface area contributed by atoms with Crippen LogP contribution in [0.25, 0.3) is 0 Å². The smallest absolute Gasteiger partial charge is 0.233 e. The van der Waals surface area contributed by atoms with Gasteiger partial charge in [-0.05, 0) is 17.5 Å². The van der Waals surface area contributed by atoms with Crippen LogP contribution in [0.2, 0.25) is 0 Å². The normalized spacial score (nSPS) is 23.1. The first kappa shape index (κ1) is 14.8. The summed E-state index contributed by atoms with van der Waals surface area (Å²) in [4.78, 5) is 14.8. The fourth-order valence-corrected chi connectivity index (χ4v) is 3.29. The molecule has 0 aromatic heterocycles. The van der Waals surface area contributed by atoms with E-state index in [1.54, 1.807) is 4.90 Å². The van der Waals surface area contributed by atoms with Crippen LogP contribution >= 0.6 is 0 Å². The molecular weight excluding hydrogens is 274 g/mol. The van der Waals surface area contributed by atoms with Crippen molar-refractivity contribution in [3.63, 3.8) is 0 Å². The highest BCUT2D eigenvalue weighted by atomic mass is 16.3. The Balaban J connectivity index is 1.82. The molecule has 3 nitrogen and oxygen atoms in total. The van der Waals surface area contributed by atoms with Crippen molar-refractivity contribution in [3.8, 4) is 0 Å². The molecule has 1 aliphatic carbocycles. The van der Waals surface area contributed by atoms with Crippen LogP contribution in [0.5, 0.6) is 0 Å². The van der Waals surface area contributed by atoms with Gasteiger partial charge in [-0.15, -0.1) is 0 Å². The van der Waals surface area contributed by atoms with Crippen LogP contribution < -0.4 is 0 Å². The first-order valence-corrected chi connectivity index (χ1v) is 7.64. The Bertz CT molecular complexity index is 641. The van der Waals surface area contributed by atoms with Gasteiger partial charge in [0.15, 0.2) is 0 Å². The molecule has 3 heteroatoms. The molecule has 114 valence electrons. The Morgan fingerprint density at radius 2 is 1.73 bits per heavy atom. The van der Waals surface area contributed by atoms with Crippen molar-refractivity contribution in [2.45, 2.75) is 18.4 Å². The molecule has 0 radical (unpaired) electrons. The molecule has 1 amide bonds. The largest absolute Gasteiger partial charge is 0.396 e. The fraction of sp³-hybridized carbons (Fsp3) is 0.316. The number of benzene rings is 2. The average molecular weight is 295 g/mol. The highest BCUT2D eigenvalue weighted by molar-refractivity contribution is 5.92. The highest BCUT2D eigenvalue weighted by Crippen LogP contribution is 2.55. The van der Waals surface area contributed by atoms with Crippen molar-refractivity contribution in [3.05, 3.63) is 71.8 Å². The van der Waals surface area contributed by atoms with E-state index in [2.05, 4.69) is 0 Å². The number of hydrogen-bond acceptors (Lipinski definition) is 2. The van der Waals surface area contributed by atoms with Crippen LogP contribution in [0.4, 0.5) is 0 Å². The molecule has 1 N–H and O–H groups in total. The van der Waals surface area contributed by atoms with Crippen molar-refractivity contribution in [1.82, 2.24) is 4.90 Å². The first-order valence-electron chi connectivity index (χ1n) is 7.64. The summed E-state index contributed by atoms with van der Waals surface area (Å²) in [5.41, 5.74) is 1.58. The molecule has 0 saturated heterocycles. The number of amides is 1. The number of aliphatic hydroxyl groups is 1. The Morgan fingerprint density at radius 1 is 1.14 bits per heavy atom. The summed E-state index contributed by atoms with van der Waals surface area (Å²) in [6.45, 7) is 0.645. The highest BCUT2D eigenvalue weighted by Gasteiger charge is 2.61. The summed E-state index contributed by atoms with van der Waals surface area (Å²) < 4.78 is 0. The number of carbonyl (C=O) groups excluding carboxylic acids is 1. The van der Waals surface area contributed by atoms with E-state index < -0.39 is 5.41 Å². The van der Waals surface area contributed by atoms with E-state index in [-0.39, 0.29) is 18.4 Å². The SMILES string of the molecule is CN(Cc1ccccc1)C(=O)[C@@]1(c2ccccc2)C[C@H]1CO. The maximum atomic E-state index is 13.0. The molecule has 0 bridgehead atoms. The van der Waals surface area contributed by atoms with E-state index in [4.69, 9.17) is 0 Å². The van der Waals surface area contributed by atoms with Crippen LogP contribution in [0, 0.1) is 5.92 Å². The molecule has 1 fully saturated rings. The van der Waals surface area contributed by atoms with Gasteiger partial charge in [-0.3, -0.25) is 4.79 Å². The summed E-state index contributed by atoms with van der Waals surface area (Å²) in [5.74, 6) is 0.127. The zero-order chi connectivity index (χ0) is 15.6. The van der Waals surface area contributed by atoms with E-state index in [0.717, 1.165) is 17.5 Å². The van der Waals surface area contributed by atoms with Gasteiger partial charge < -0.3 is 10.0 Å². The van der Waals surface area contributed by atoms with Crippen LogP contribution in [-0.2, 0) is 16.8 Å². The zero-order valence-electron chi connectivity index (χ0n) is 12.8. The maximum absolute atomic E-state index is 13.0. The predicted molar refractivity (Wildman–Crippen MR) is 86.2 cm³/mol. The molecule has 2 atom stereocenters. The molecule has 1 aliphatic rings. The Hall–Kier alpha value is -2.13. The zero-order valence-corrected chi connectivity index (χ0v) is 12.8. The number of likely N-dealkylation sites (N-methyl/N-ethyl adjacent to an activating group) is 1. The minimum atomic E-state index is -0.542. The number of hydrogen-bond donors (Lipinski definition) is 1. The van der Waals surface area contributed by atoms with Crippen molar-refractivity contribution < 1.29 is 9.90 Å². The molecule has 2 aromatic rings. The van der Waals surface area contributed by atoms with Crippen molar-refractivity contribution in [2.75, 3.05) is 13.7 Å². The van der Waals surface area contributed by atoms with E-state index >= 15 is 0 Å². The average Bonchev–Trinajstić information content (AvgIpc) is 3.31. The van der Waals surface area contributed by atoms with Crippen molar-refractivity contribution >= 4 is 5.91 Å². The summed E-state index contributed by atoms with van der Waals surface area (Å²) in [7, 11) is 1.84. The van der Waals surface area contributed by atoms with Gasteiger partial charge >= 0.3 is 0 Å². The van der Waals surface area contributed by atoms with Crippen LogP contribution in [0.1, 0.15) is 17.5 Å². The molecule has 0 unspecified atom stereocenters. The van der Waals surface area contributed by atoms with Crippen molar-refractivity contribution in [1.29, 1.82) is 0 Å². The lowest BCUT2D eigenvalue weighted by molar-refractivity contribution is -0.133. The van der Waals surface area contributed by atoms with Gasteiger partial charge in [-0.1, -0.05) is 60.7 Å². The molecule has 0 heterocycles. The van der Waals surface area contributed by atoms with E-state index in [9.17, 15) is 9.90 Å². The molecule has 3 rings (SSSR count). The van der Waals surface area contributed by atoms with Gasteiger partial charge in [0, 0.05) is 26.1 Å². The maximum Gasteiger partial charge on any atom is 0.233 e. The second-order valence-electron chi connectivity index (χ2n) is 6.07. The van der Waals surface area contributed by atoms with Gasteiger partial charge in [0.05, 0.1) is 5.41 Å². The summed E-state index contributed by atoms with van der Waals surface area (Å²) in [5, 5.41) is 9.55. The molecule has 0 aliphatic heterocycles. The molecule has 22 heavy (non-hydrogen) atoms. The van der Waals surface area contributed by atoms with Crippen LogP contribution in [0.3, 0.4) is 0 Å². The van der Waals surface area contributed by atoms with E-state index in [1.165, 1.54) is 0 Å². The lowest BCUT2D eigenvalue weighted by atomic mass is 9.91. The van der Waals surface area contributed by atoms with Crippen LogP contribution in [0.15, 0.2) is 60.7 Å². The minimum absolute atomic E-state index is 0.0284. The third kappa shape index (κ3) is 2.53. The molecule has 0 spiro atoms. The van der Waals surface area contributed by atoms with Gasteiger partial charge in [-0.25, -0.2) is 0 Å². The Morgan fingerprint density at radius 3 is 2.27 bits per heavy atom. The number of nitrogens with zero attached hydrogens (tertiary/aromatic N) is 1. The fourth-order valence-electron chi connectivity index (χ4n) is 3.29. The van der Waals surface area contributed by atoms with E-state index in [0.29, 0.717) is 6.54 Å². The first-order chi connectivity index (χ1) is 10.7. The van der Waals surface area contributed by atoms with Crippen LogP contribution in [-0.4, -0.2) is 29.6 Å². The number of rotatable bonds is 5. The second-order valence-corrected chi connectivity index (χ2v) is 6.07. The van der Waals surface area contributed by atoms with Gasteiger partial charge in [0.1, 0.15) is 0 Å². The lowest BCUT2D eigenvalue weighted by Crippen LogP contribution is -2.37. The number of carbonyl (C=O) groups is 1. The van der Waals surface area contributed by atoms with Gasteiger partial charge in [-0.2, -0.15) is 0 Å². The lowest BCUT2D eigenvalue weighted by Gasteiger charge is -2.25. The predicted octanol–water partition coefficient (Wildman–Crippen LogP) is 2.60. The van der Waals surface area contributed by atoms with Gasteiger partial charge in [0.2, 0.25) is 5.91 Å². The minimum Gasteiger partial charge on any atom is -0.396 e. The second kappa shape index (κ2) is 5.93. The Kier molecular flexibility index (Phi) is 3.99. The molecular formula is C19H21NO2. The third-order valence-electron chi connectivity index (χ3n) is 4.61. The summed E-state index contributed by atoms with van der Waals surface area (Å²) in [6, 6.07) is 19.8. The van der Waals surface area contributed by atoms with E-state index in [1.807, 2.05) is 67.7 Å². The summed E-state index contributed by atoms with van der Waals surface area (Å²) in [6.07, 6.45) is 0.728. The van der Waals surface area contributed by atoms with Gasteiger partial charge in [0.25, 0.3) is 0 Å². The standard InChI is InChI=1S/C19H21NO2/c1-20(13-15-8-4-2-5-9-15)18(22)19(12-17(19)14-21)16-10-6-3-7-11-16/h2-11,17,21H,12-14H2,1H3/t17-,19+/m0/s1. The molecule has 1 saturated carbocycles. The Labute approximate surface area is 131 Å². The topological polar surface area (TPSA) is 40.5 Å². The van der Waals surface area contributed by atoms with Crippen molar-refractivity contribution in [2.24, 2.45) is 5.92 Å². The monoisotopic (exact) mass is 295 g/mol.